The highest BCUT2D eigenvalue weighted by atomic mass is 32.2. The third kappa shape index (κ3) is 3.46. The topological polar surface area (TPSA) is 55.4 Å². The van der Waals surface area contributed by atoms with Crippen molar-refractivity contribution in [3.05, 3.63) is 29.6 Å². The van der Waals surface area contributed by atoms with E-state index in [4.69, 9.17) is 4.74 Å². The average molecular weight is 246 g/mol. The Morgan fingerprint density at radius 1 is 1.56 bits per heavy atom. The van der Waals surface area contributed by atoms with E-state index in [1.807, 2.05) is 0 Å². The number of hydrogen-bond acceptors (Lipinski definition) is 3. The first-order chi connectivity index (χ1) is 7.46. The Labute approximate surface area is 94.5 Å². The minimum absolute atomic E-state index is 0.0440. The van der Waals surface area contributed by atoms with Crippen molar-refractivity contribution in [2.45, 2.75) is 6.92 Å². The maximum absolute atomic E-state index is 13.4. The van der Waals surface area contributed by atoms with Crippen molar-refractivity contribution in [2.75, 3.05) is 19.4 Å². The van der Waals surface area contributed by atoms with Crippen LogP contribution in [-0.2, 0) is 10.0 Å². The van der Waals surface area contributed by atoms with E-state index in [-0.39, 0.29) is 18.1 Å². The third-order valence-electron chi connectivity index (χ3n) is 2.00. The second kappa shape index (κ2) is 5.27. The number of hydrogen-bond donors (Lipinski definition) is 1. The van der Waals surface area contributed by atoms with Crippen LogP contribution in [0.2, 0.25) is 0 Å². The molecule has 89 valence electrons. The first-order valence-corrected chi connectivity index (χ1v) is 6.32. The Morgan fingerprint density at radius 2 is 2.25 bits per heavy atom. The monoisotopic (exact) mass is 246 g/mol. The highest BCUT2D eigenvalue weighted by Crippen LogP contribution is 2.18. The zero-order chi connectivity index (χ0) is 12.2. The maximum atomic E-state index is 13.4. The molecule has 1 aromatic carbocycles. The van der Waals surface area contributed by atoms with Crippen molar-refractivity contribution >= 4 is 10.0 Å². The SMILES string of the molecule is CNS(=O)(=O)CCOc1cc[c]c(C)c1F. The summed E-state index contributed by atoms with van der Waals surface area (Å²) >= 11 is 0. The number of halogens is 1. The van der Waals surface area contributed by atoms with Crippen LogP contribution in [0.4, 0.5) is 4.39 Å². The number of ether oxygens (including phenoxy) is 1. The van der Waals surface area contributed by atoms with Crippen LogP contribution in [0.1, 0.15) is 5.56 Å². The van der Waals surface area contributed by atoms with Gasteiger partial charge in [0.25, 0.3) is 0 Å². The maximum Gasteiger partial charge on any atom is 0.214 e. The number of rotatable bonds is 5. The van der Waals surface area contributed by atoms with Crippen LogP contribution in [-0.4, -0.2) is 27.8 Å². The van der Waals surface area contributed by atoms with Crippen molar-refractivity contribution in [1.82, 2.24) is 4.72 Å². The standard InChI is InChI=1S/C10H13FNO3S/c1-8-4-3-5-9(10(8)11)15-6-7-16(13,14)12-2/h3,5,12H,6-7H2,1-2H3. The van der Waals surface area contributed by atoms with Crippen LogP contribution in [0.15, 0.2) is 12.1 Å². The molecule has 0 saturated heterocycles. The van der Waals surface area contributed by atoms with Crippen LogP contribution in [0.25, 0.3) is 0 Å². The Bertz CT molecular complexity index is 459. The summed E-state index contributed by atoms with van der Waals surface area (Å²) in [5.41, 5.74) is 0.342. The lowest BCUT2D eigenvalue weighted by molar-refractivity contribution is 0.321. The van der Waals surface area contributed by atoms with Gasteiger partial charge in [-0.3, -0.25) is 0 Å². The van der Waals surface area contributed by atoms with Crippen molar-refractivity contribution < 1.29 is 17.5 Å². The predicted octanol–water partition coefficient (Wildman–Crippen LogP) is 0.862. The van der Waals surface area contributed by atoms with Gasteiger partial charge in [-0.2, -0.15) is 0 Å². The largest absolute Gasteiger partial charge is 0.489 e. The number of nitrogens with one attached hydrogen (secondary N) is 1. The third-order valence-corrected chi connectivity index (χ3v) is 3.33. The molecule has 0 heterocycles. The highest BCUT2D eigenvalue weighted by Gasteiger charge is 2.09. The van der Waals surface area contributed by atoms with Crippen LogP contribution in [0.5, 0.6) is 5.75 Å². The average Bonchev–Trinajstić information content (AvgIpc) is 2.24. The first kappa shape index (κ1) is 12.9. The van der Waals surface area contributed by atoms with E-state index < -0.39 is 15.8 Å². The van der Waals surface area contributed by atoms with E-state index in [9.17, 15) is 12.8 Å². The van der Waals surface area contributed by atoms with Crippen molar-refractivity contribution in [3.8, 4) is 5.75 Å². The molecule has 1 radical (unpaired) electrons. The summed E-state index contributed by atoms with van der Waals surface area (Å²) in [5.74, 6) is -0.674. The van der Waals surface area contributed by atoms with Gasteiger partial charge >= 0.3 is 0 Å². The van der Waals surface area contributed by atoms with E-state index in [1.165, 1.54) is 19.2 Å². The van der Waals surface area contributed by atoms with Crippen molar-refractivity contribution in [2.24, 2.45) is 0 Å². The zero-order valence-corrected chi connectivity index (χ0v) is 9.90. The molecule has 1 rings (SSSR count). The molecular formula is C10H13FNO3S. The lowest BCUT2D eigenvalue weighted by Crippen LogP contribution is -2.25. The lowest BCUT2D eigenvalue weighted by atomic mass is 10.2. The minimum Gasteiger partial charge on any atom is -0.489 e. The van der Waals surface area contributed by atoms with E-state index in [0.29, 0.717) is 5.56 Å². The molecule has 0 atom stereocenters. The van der Waals surface area contributed by atoms with Gasteiger partial charge in [-0.15, -0.1) is 0 Å². The summed E-state index contributed by atoms with van der Waals surface area (Å²) in [6.45, 7) is 1.47. The molecule has 0 unspecified atom stereocenters. The molecular weight excluding hydrogens is 233 g/mol. The summed E-state index contributed by atoms with van der Waals surface area (Å²) < 4.78 is 42.7. The molecule has 1 N–H and O–H groups in total. The molecule has 4 nitrogen and oxygen atoms in total. The van der Waals surface area contributed by atoms with Gasteiger partial charge in [-0.1, -0.05) is 6.07 Å². The fourth-order valence-corrected chi connectivity index (χ4v) is 1.55. The normalized spacial score (nSPS) is 11.4. The van der Waals surface area contributed by atoms with E-state index >= 15 is 0 Å². The van der Waals surface area contributed by atoms with Crippen LogP contribution < -0.4 is 9.46 Å². The summed E-state index contributed by atoms with van der Waals surface area (Å²) in [5, 5.41) is 0. The van der Waals surface area contributed by atoms with Gasteiger partial charge in [0.15, 0.2) is 11.6 Å². The Hall–Kier alpha value is -1.14. The summed E-state index contributed by atoms with van der Waals surface area (Å²) in [6.07, 6.45) is 0. The second-order valence-corrected chi connectivity index (χ2v) is 5.20. The molecule has 0 bridgehead atoms. The van der Waals surface area contributed by atoms with Gasteiger partial charge in [0.05, 0.1) is 5.75 Å². The Morgan fingerprint density at radius 3 is 2.88 bits per heavy atom. The molecule has 0 aliphatic carbocycles. The van der Waals surface area contributed by atoms with Crippen molar-refractivity contribution in [3.63, 3.8) is 0 Å². The van der Waals surface area contributed by atoms with Crippen LogP contribution in [0.3, 0.4) is 0 Å². The number of benzene rings is 1. The number of aryl methyl sites for hydroxylation is 1. The van der Waals surface area contributed by atoms with E-state index in [1.54, 1.807) is 6.92 Å². The Kier molecular flexibility index (Phi) is 4.26. The van der Waals surface area contributed by atoms with Gasteiger partial charge < -0.3 is 4.74 Å². The molecule has 0 spiro atoms. The smallest absolute Gasteiger partial charge is 0.214 e. The molecule has 0 aromatic heterocycles. The lowest BCUT2D eigenvalue weighted by Gasteiger charge is -2.08. The summed E-state index contributed by atoms with van der Waals surface area (Å²) in [4.78, 5) is 0. The zero-order valence-electron chi connectivity index (χ0n) is 9.08. The van der Waals surface area contributed by atoms with Crippen molar-refractivity contribution in [1.29, 1.82) is 0 Å². The second-order valence-electron chi connectivity index (χ2n) is 3.15. The van der Waals surface area contributed by atoms with E-state index in [0.717, 1.165) is 0 Å². The van der Waals surface area contributed by atoms with Crippen LogP contribution >= 0.6 is 0 Å². The number of sulfonamides is 1. The molecule has 16 heavy (non-hydrogen) atoms. The fraction of sp³-hybridized carbons (Fsp3) is 0.400. The first-order valence-electron chi connectivity index (χ1n) is 4.67. The molecule has 0 aliphatic rings. The van der Waals surface area contributed by atoms with Gasteiger partial charge in [-0.05, 0) is 31.7 Å². The highest BCUT2D eigenvalue weighted by molar-refractivity contribution is 7.89. The minimum atomic E-state index is -3.32. The van der Waals surface area contributed by atoms with Gasteiger partial charge in [0, 0.05) is 0 Å². The molecule has 1 aromatic rings. The predicted molar refractivity (Wildman–Crippen MR) is 58.3 cm³/mol. The Balaban J connectivity index is 2.59. The van der Waals surface area contributed by atoms with Gasteiger partial charge in [0.1, 0.15) is 6.61 Å². The van der Waals surface area contributed by atoms with Gasteiger partial charge in [0.2, 0.25) is 10.0 Å². The molecule has 6 heteroatoms. The quantitative estimate of drug-likeness (QED) is 0.838. The molecule has 0 aliphatic heterocycles. The van der Waals surface area contributed by atoms with E-state index in [2.05, 4.69) is 10.8 Å². The summed E-state index contributed by atoms with van der Waals surface area (Å²) in [6, 6.07) is 5.61. The van der Waals surface area contributed by atoms with Crippen LogP contribution in [0, 0.1) is 18.8 Å². The summed E-state index contributed by atoms with van der Waals surface area (Å²) in [7, 11) is -2.00. The molecule has 0 saturated carbocycles. The van der Waals surface area contributed by atoms with Gasteiger partial charge in [-0.25, -0.2) is 17.5 Å². The molecule has 0 fully saturated rings. The fourth-order valence-electron chi connectivity index (χ4n) is 1.04. The molecule has 0 amide bonds.